The first kappa shape index (κ1) is 14.0. The summed E-state index contributed by atoms with van der Waals surface area (Å²) in [6.45, 7) is 1.12. The Bertz CT molecular complexity index is 675. The summed E-state index contributed by atoms with van der Waals surface area (Å²) in [5.41, 5.74) is 3.19. The molecule has 0 radical (unpaired) electrons. The van der Waals surface area contributed by atoms with E-state index in [1.165, 1.54) is 5.56 Å². The van der Waals surface area contributed by atoms with E-state index in [0.29, 0.717) is 24.5 Å². The lowest BCUT2D eigenvalue weighted by molar-refractivity contribution is -0.144. The average Bonchev–Trinajstić information content (AvgIpc) is 2.48. The number of fused-ring (bicyclic) bond motifs is 1. The molecule has 3 rings (SSSR count). The molecule has 0 bridgehead atoms. The summed E-state index contributed by atoms with van der Waals surface area (Å²) >= 11 is 6.13. The molecular weight excluding hydrogens is 288 g/mol. The third kappa shape index (κ3) is 2.91. The Hall–Kier alpha value is -1.91. The monoisotopic (exact) mass is 302 g/mol. The van der Waals surface area contributed by atoms with Crippen LogP contribution in [-0.2, 0) is 24.3 Å². The normalized spacial score (nSPS) is 18.2. The smallest absolute Gasteiger partial charge is 0.321 e. The number of carboxylic acid groups (broad SMARTS) is 1. The predicted molar refractivity (Wildman–Crippen MR) is 80.1 cm³/mol. The minimum Gasteiger partial charge on any atom is -0.480 e. The van der Waals surface area contributed by atoms with Crippen LogP contribution in [-0.4, -0.2) is 27.0 Å². The largest absolute Gasteiger partial charge is 0.480 e. The van der Waals surface area contributed by atoms with Gasteiger partial charge in [0.25, 0.3) is 0 Å². The zero-order valence-corrected chi connectivity index (χ0v) is 12.1. The molecule has 1 N–H and O–H groups in total. The second kappa shape index (κ2) is 5.84. The van der Waals surface area contributed by atoms with E-state index in [2.05, 4.69) is 11.1 Å². The van der Waals surface area contributed by atoms with Gasteiger partial charge in [0, 0.05) is 25.5 Å². The lowest BCUT2D eigenvalue weighted by Crippen LogP contribution is -2.45. The molecule has 0 unspecified atom stereocenters. The number of aliphatic carboxylic acids is 1. The highest BCUT2D eigenvalue weighted by Crippen LogP contribution is 2.26. The summed E-state index contributed by atoms with van der Waals surface area (Å²) in [7, 11) is 0. The fourth-order valence-corrected chi connectivity index (χ4v) is 2.92. The number of halogens is 1. The minimum atomic E-state index is -0.797. The van der Waals surface area contributed by atoms with E-state index in [-0.39, 0.29) is 0 Å². The lowest BCUT2D eigenvalue weighted by Gasteiger charge is -2.34. The van der Waals surface area contributed by atoms with Gasteiger partial charge < -0.3 is 5.11 Å². The van der Waals surface area contributed by atoms with Gasteiger partial charge in [0.15, 0.2) is 0 Å². The molecule has 5 heteroatoms. The Morgan fingerprint density at radius 2 is 2.10 bits per heavy atom. The Morgan fingerprint density at radius 3 is 2.81 bits per heavy atom. The van der Waals surface area contributed by atoms with Gasteiger partial charge in [-0.15, -0.1) is 0 Å². The van der Waals surface area contributed by atoms with Crippen LogP contribution in [0.25, 0.3) is 0 Å². The summed E-state index contributed by atoms with van der Waals surface area (Å²) in [6, 6.07) is 9.30. The first-order chi connectivity index (χ1) is 10.1. The summed E-state index contributed by atoms with van der Waals surface area (Å²) in [4.78, 5) is 17.5. The third-order valence-corrected chi connectivity index (χ3v) is 4.20. The molecule has 0 fully saturated rings. The van der Waals surface area contributed by atoms with Gasteiger partial charge in [-0.05, 0) is 29.2 Å². The number of pyridine rings is 1. The van der Waals surface area contributed by atoms with Crippen LogP contribution in [0.3, 0.4) is 0 Å². The van der Waals surface area contributed by atoms with Crippen LogP contribution in [0.5, 0.6) is 0 Å². The number of nitrogens with zero attached hydrogens (tertiary/aromatic N) is 2. The van der Waals surface area contributed by atoms with Gasteiger partial charge in [-0.1, -0.05) is 35.9 Å². The van der Waals surface area contributed by atoms with Crippen LogP contribution in [0.2, 0.25) is 5.02 Å². The predicted octanol–water partition coefficient (Wildman–Crippen LogP) is 2.75. The molecule has 0 saturated carbocycles. The lowest BCUT2D eigenvalue weighted by atomic mass is 9.93. The van der Waals surface area contributed by atoms with Crippen molar-refractivity contribution >= 4 is 17.6 Å². The van der Waals surface area contributed by atoms with E-state index in [4.69, 9.17) is 11.6 Å². The van der Waals surface area contributed by atoms with Gasteiger partial charge in [0.2, 0.25) is 0 Å². The molecule has 1 aliphatic rings. The van der Waals surface area contributed by atoms with E-state index in [0.717, 1.165) is 11.1 Å². The first-order valence-corrected chi connectivity index (χ1v) is 7.15. The van der Waals surface area contributed by atoms with Gasteiger partial charge in [0.05, 0.1) is 5.02 Å². The summed E-state index contributed by atoms with van der Waals surface area (Å²) in [6.07, 6.45) is 3.79. The maximum atomic E-state index is 11.6. The number of carbonyl (C=O) groups is 1. The van der Waals surface area contributed by atoms with Crippen LogP contribution in [0, 0.1) is 0 Å². The second-order valence-corrected chi connectivity index (χ2v) is 5.61. The highest BCUT2D eigenvalue weighted by molar-refractivity contribution is 6.31. The molecule has 0 amide bonds. The van der Waals surface area contributed by atoms with Crippen molar-refractivity contribution in [3.63, 3.8) is 0 Å². The standard InChI is InChI=1S/C16H15ClN2O2/c17-14-8-18-6-5-13(14)10-19-9-12-4-2-1-3-11(12)7-15(19)16(20)21/h1-6,8,15H,7,9-10H2,(H,20,21)/t15-/m0/s1. The van der Waals surface area contributed by atoms with Gasteiger partial charge in [-0.3, -0.25) is 14.7 Å². The number of hydrogen-bond donors (Lipinski definition) is 1. The van der Waals surface area contributed by atoms with Gasteiger partial charge in [-0.2, -0.15) is 0 Å². The van der Waals surface area contributed by atoms with Crippen molar-refractivity contribution in [3.05, 3.63) is 64.4 Å². The van der Waals surface area contributed by atoms with E-state index < -0.39 is 12.0 Å². The van der Waals surface area contributed by atoms with E-state index in [1.807, 2.05) is 29.2 Å². The summed E-state index contributed by atoms with van der Waals surface area (Å²) < 4.78 is 0. The molecule has 1 atom stereocenters. The summed E-state index contributed by atoms with van der Waals surface area (Å²) in [5, 5.41) is 10.1. The molecule has 2 heterocycles. The van der Waals surface area contributed by atoms with E-state index in [9.17, 15) is 9.90 Å². The number of hydrogen-bond acceptors (Lipinski definition) is 3. The highest BCUT2D eigenvalue weighted by Gasteiger charge is 2.31. The molecule has 0 spiro atoms. The van der Waals surface area contributed by atoms with Crippen molar-refractivity contribution in [2.75, 3.05) is 0 Å². The van der Waals surface area contributed by atoms with Gasteiger partial charge in [-0.25, -0.2) is 0 Å². The number of carboxylic acids is 1. The second-order valence-electron chi connectivity index (χ2n) is 5.20. The first-order valence-electron chi connectivity index (χ1n) is 6.77. The van der Waals surface area contributed by atoms with Crippen LogP contribution in [0.4, 0.5) is 0 Å². The van der Waals surface area contributed by atoms with Crippen molar-refractivity contribution in [1.82, 2.24) is 9.88 Å². The topological polar surface area (TPSA) is 53.4 Å². The average molecular weight is 303 g/mol. The minimum absolute atomic E-state index is 0.507. The van der Waals surface area contributed by atoms with E-state index in [1.54, 1.807) is 12.4 Å². The molecule has 1 aromatic heterocycles. The van der Waals surface area contributed by atoms with Crippen molar-refractivity contribution in [1.29, 1.82) is 0 Å². The van der Waals surface area contributed by atoms with Crippen LogP contribution >= 0.6 is 11.6 Å². The Labute approximate surface area is 128 Å². The molecule has 1 aromatic carbocycles. The highest BCUT2D eigenvalue weighted by atomic mass is 35.5. The molecule has 4 nitrogen and oxygen atoms in total. The fourth-order valence-electron chi connectivity index (χ4n) is 2.74. The number of rotatable bonds is 3. The molecule has 0 saturated heterocycles. The zero-order chi connectivity index (χ0) is 14.8. The summed E-state index contributed by atoms with van der Waals surface area (Å²) in [5.74, 6) is -0.797. The Balaban J connectivity index is 1.89. The van der Waals surface area contributed by atoms with Crippen LogP contribution in [0.15, 0.2) is 42.7 Å². The maximum absolute atomic E-state index is 11.6. The maximum Gasteiger partial charge on any atom is 0.321 e. The Kier molecular flexibility index (Phi) is 3.90. The molecule has 0 aliphatic carbocycles. The Morgan fingerprint density at radius 1 is 1.33 bits per heavy atom. The van der Waals surface area contributed by atoms with Crippen molar-refractivity contribution in [3.8, 4) is 0 Å². The fraction of sp³-hybridized carbons (Fsp3) is 0.250. The molecule has 108 valence electrons. The van der Waals surface area contributed by atoms with Gasteiger partial charge in [0.1, 0.15) is 6.04 Å². The molecule has 21 heavy (non-hydrogen) atoms. The van der Waals surface area contributed by atoms with E-state index >= 15 is 0 Å². The van der Waals surface area contributed by atoms with Crippen molar-refractivity contribution in [2.24, 2.45) is 0 Å². The number of benzene rings is 1. The van der Waals surface area contributed by atoms with Crippen molar-refractivity contribution < 1.29 is 9.90 Å². The van der Waals surface area contributed by atoms with Crippen molar-refractivity contribution in [2.45, 2.75) is 25.6 Å². The molecular formula is C16H15ClN2O2. The number of aromatic nitrogens is 1. The zero-order valence-electron chi connectivity index (χ0n) is 11.4. The SMILES string of the molecule is O=C(O)[C@@H]1Cc2ccccc2CN1Cc1ccncc1Cl. The third-order valence-electron chi connectivity index (χ3n) is 3.86. The van der Waals surface area contributed by atoms with Gasteiger partial charge >= 0.3 is 5.97 Å². The van der Waals surface area contributed by atoms with Crippen LogP contribution in [0.1, 0.15) is 16.7 Å². The quantitative estimate of drug-likeness (QED) is 0.947. The van der Waals surface area contributed by atoms with Crippen LogP contribution < -0.4 is 0 Å². The molecule has 1 aliphatic heterocycles. The molecule has 2 aromatic rings.